The summed E-state index contributed by atoms with van der Waals surface area (Å²) >= 11 is 1.22. The molecule has 2 aromatic heterocycles. The van der Waals surface area contributed by atoms with Crippen molar-refractivity contribution >= 4 is 17.2 Å². The van der Waals surface area contributed by atoms with Crippen LogP contribution in [-0.4, -0.2) is 56.5 Å². The van der Waals surface area contributed by atoms with Crippen molar-refractivity contribution in [2.24, 2.45) is 0 Å². The molecule has 1 aromatic carbocycles. The van der Waals surface area contributed by atoms with Crippen LogP contribution < -0.4 is 5.43 Å². The van der Waals surface area contributed by atoms with E-state index in [4.69, 9.17) is 4.74 Å². The number of hydrogen-bond acceptors (Lipinski definition) is 7. The fraction of sp³-hybridized carbons (Fsp3) is 0.364. The summed E-state index contributed by atoms with van der Waals surface area (Å²) in [5.74, 6) is -1.32. The summed E-state index contributed by atoms with van der Waals surface area (Å²) in [5.41, 5.74) is 0.343. The zero-order valence-electron chi connectivity index (χ0n) is 17.9. The second kappa shape index (κ2) is 8.79. The van der Waals surface area contributed by atoms with E-state index in [9.17, 15) is 19.1 Å². The van der Waals surface area contributed by atoms with Gasteiger partial charge < -0.3 is 19.3 Å². The minimum absolute atomic E-state index is 0.0316. The standard InChI is InChI=1S/C22H23FN4O4S/c1-12(2)27-15(11-31-3)9-26-10-16(19(28)20(29)18(26)22(27)30)21-25-24-17(32-21)8-13-4-6-14(23)7-5-13/h4-7,10,12,15,29H,8-9,11H2,1-3H3/t15-/m0/s1. The lowest BCUT2D eigenvalue weighted by Crippen LogP contribution is -2.53. The molecule has 1 aliphatic heterocycles. The molecular weight excluding hydrogens is 435 g/mol. The monoisotopic (exact) mass is 458 g/mol. The number of aromatic nitrogens is 3. The van der Waals surface area contributed by atoms with Crippen molar-refractivity contribution in [2.45, 2.75) is 38.9 Å². The smallest absolute Gasteiger partial charge is 0.275 e. The number of methoxy groups -OCH3 is 1. The Morgan fingerprint density at radius 3 is 2.62 bits per heavy atom. The van der Waals surface area contributed by atoms with Crippen LogP contribution in [0.15, 0.2) is 35.3 Å². The van der Waals surface area contributed by atoms with Crippen LogP contribution in [0.4, 0.5) is 4.39 Å². The van der Waals surface area contributed by atoms with Crippen molar-refractivity contribution in [3.63, 3.8) is 0 Å². The maximum absolute atomic E-state index is 13.1. The van der Waals surface area contributed by atoms with Gasteiger partial charge in [0.1, 0.15) is 10.8 Å². The van der Waals surface area contributed by atoms with Gasteiger partial charge in [-0.1, -0.05) is 23.5 Å². The Morgan fingerprint density at radius 1 is 1.25 bits per heavy atom. The Morgan fingerprint density at radius 2 is 1.97 bits per heavy atom. The van der Waals surface area contributed by atoms with Crippen LogP contribution in [-0.2, 0) is 17.7 Å². The highest BCUT2D eigenvalue weighted by atomic mass is 32.1. The number of benzene rings is 1. The number of rotatable bonds is 6. The Hall–Kier alpha value is -3.11. The quantitative estimate of drug-likeness (QED) is 0.610. The number of pyridine rings is 1. The molecule has 10 heteroatoms. The van der Waals surface area contributed by atoms with E-state index in [0.717, 1.165) is 5.56 Å². The summed E-state index contributed by atoms with van der Waals surface area (Å²) < 4.78 is 20.0. The van der Waals surface area contributed by atoms with E-state index < -0.39 is 17.1 Å². The van der Waals surface area contributed by atoms with Gasteiger partial charge in [-0.15, -0.1) is 10.2 Å². The third kappa shape index (κ3) is 4.03. The van der Waals surface area contributed by atoms with E-state index in [1.54, 1.807) is 34.9 Å². The molecule has 0 spiro atoms. The van der Waals surface area contributed by atoms with Crippen molar-refractivity contribution in [1.29, 1.82) is 0 Å². The van der Waals surface area contributed by atoms with Gasteiger partial charge in [0.05, 0.1) is 18.2 Å². The van der Waals surface area contributed by atoms with Gasteiger partial charge >= 0.3 is 0 Å². The minimum atomic E-state index is -0.664. The third-order valence-electron chi connectivity index (χ3n) is 5.38. The third-order valence-corrected chi connectivity index (χ3v) is 6.33. The molecule has 8 nitrogen and oxygen atoms in total. The van der Waals surface area contributed by atoms with Crippen LogP contribution in [0.1, 0.15) is 34.9 Å². The second-order valence-electron chi connectivity index (χ2n) is 7.94. The summed E-state index contributed by atoms with van der Waals surface area (Å²) in [6.45, 7) is 4.45. The lowest BCUT2D eigenvalue weighted by Gasteiger charge is -2.40. The molecule has 3 heterocycles. The average Bonchev–Trinajstić information content (AvgIpc) is 3.20. The summed E-state index contributed by atoms with van der Waals surface area (Å²) in [7, 11) is 1.57. The van der Waals surface area contributed by atoms with Gasteiger partial charge in [0.15, 0.2) is 16.5 Å². The van der Waals surface area contributed by atoms with Crippen molar-refractivity contribution in [3.05, 3.63) is 62.8 Å². The van der Waals surface area contributed by atoms with Gasteiger partial charge in [0, 0.05) is 32.3 Å². The zero-order valence-corrected chi connectivity index (χ0v) is 18.7. The van der Waals surface area contributed by atoms with Crippen LogP contribution in [0, 0.1) is 5.82 Å². The molecular formula is C22H23FN4O4S. The number of ether oxygens (including phenoxy) is 1. The Labute approximate surface area is 187 Å². The van der Waals surface area contributed by atoms with E-state index >= 15 is 0 Å². The molecule has 0 saturated heterocycles. The van der Waals surface area contributed by atoms with E-state index in [2.05, 4.69) is 10.2 Å². The van der Waals surface area contributed by atoms with Crippen molar-refractivity contribution < 1.29 is 19.0 Å². The van der Waals surface area contributed by atoms with Gasteiger partial charge in [0.25, 0.3) is 5.91 Å². The topological polar surface area (TPSA) is 97.5 Å². The van der Waals surface area contributed by atoms with Gasteiger partial charge in [-0.25, -0.2) is 4.39 Å². The Kier molecular flexibility index (Phi) is 6.07. The SMILES string of the molecule is COC[C@@H]1Cn2cc(-c3nnc(Cc4ccc(F)cc4)s3)c(=O)c(O)c2C(=O)N1C(C)C. The number of halogens is 1. The molecule has 0 bridgehead atoms. The van der Waals surface area contributed by atoms with E-state index in [0.29, 0.717) is 29.6 Å². The molecule has 0 unspecified atom stereocenters. The molecule has 1 aliphatic rings. The molecule has 32 heavy (non-hydrogen) atoms. The lowest BCUT2D eigenvalue weighted by molar-refractivity contribution is 0.0307. The van der Waals surface area contributed by atoms with Crippen molar-refractivity contribution in [3.8, 4) is 16.3 Å². The first-order chi connectivity index (χ1) is 15.3. The molecule has 4 rings (SSSR count). The number of carbonyl (C=O) groups is 1. The van der Waals surface area contributed by atoms with Crippen LogP contribution >= 0.6 is 11.3 Å². The highest BCUT2D eigenvalue weighted by Crippen LogP contribution is 2.30. The fourth-order valence-corrected chi connectivity index (χ4v) is 4.85. The van der Waals surface area contributed by atoms with E-state index in [1.807, 2.05) is 13.8 Å². The molecule has 0 saturated carbocycles. The molecule has 1 amide bonds. The first kappa shape index (κ1) is 22.1. The Bertz CT molecular complexity index is 1210. The maximum atomic E-state index is 13.1. The average molecular weight is 459 g/mol. The van der Waals surface area contributed by atoms with Crippen LogP contribution in [0.2, 0.25) is 0 Å². The summed E-state index contributed by atoms with van der Waals surface area (Å²) in [6, 6.07) is 5.72. The molecule has 0 radical (unpaired) electrons. The normalized spacial score (nSPS) is 16.0. The summed E-state index contributed by atoms with van der Waals surface area (Å²) in [5, 5.41) is 19.9. The molecule has 1 atom stereocenters. The number of hydrogen-bond donors (Lipinski definition) is 1. The largest absolute Gasteiger partial charge is 0.503 e. The number of aromatic hydroxyl groups is 1. The maximum Gasteiger partial charge on any atom is 0.275 e. The highest BCUT2D eigenvalue weighted by Gasteiger charge is 2.37. The van der Waals surface area contributed by atoms with Gasteiger partial charge in [-0.3, -0.25) is 9.59 Å². The molecule has 3 aromatic rings. The molecule has 1 N–H and O–H groups in total. The molecule has 0 aliphatic carbocycles. The minimum Gasteiger partial charge on any atom is -0.503 e. The number of fused-ring (bicyclic) bond motifs is 1. The molecule has 0 fully saturated rings. The van der Waals surface area contributed by atoms with Gasteiger partial charge in [0.2, 0.25) is 5.43 Å². The lowest BCUT2D eigenvalue weighted by atomic mass is 10.1. The summed E-state index contributed by atoms with van der Waals surface area (Å²) in [4.78, 5) is 27.6. The van der Waals surface area contributed by atoms with Gasteiger partial charge in [-0.2, -0.15) is 0 Å². The Balaban J connectivity index is 1.71. The van der Waals surface area contributed by atoms with E-state index in [1.165, 1.54) is 23.5 Å². The van der Waals surface area contributed by atoms with Gasteiger partial charge in [-0.05, 0) is 31.5 Å². The fourth-order valence-electron chi connectivity index (χ4n) is 3.97. The predicted octanol–water partition coefficient (Wildman–Crippen LogP) is 2.68. The molecule has 168 valence electrons. The highest BCUT2D eigenvalue weighted by molar-refractivity contribution is 7.14. The van der Waals surface area contributed by atoms with Crippen molar-refractivity contribution in [2.75, 3.05) is 13.7 Å². The van der Waals surface area contributed by atoms with Crippen LogP contribution in [0.25, 0.3) is 10.6 Å². The number of nitrogens with zero attached hydrogens (tertiary/aromatic N) is 4. The van der Waals surface area contributed by atoms with Crippen LogP contribution in [0.5, 0.6) is 5.75 Å². The van der Waals surface area contributed by atoms with Crippen molar-refractivity contribution in [1.82, 2.24) is 19.7 Å². The zero-order chi connectivity index (χ0) is 23.0. The van der Waals surface area contributed by atoms with Crippen LogP contribution in [0.3, 0.4) is 0 Å². The summed E-state index contributed by atoms with van der Waals surface area (Å²) in [6.07, 6.45) is 1.99. The first-order valence-electron chi connectivity index (χ1n) is 10.1. The second-order valence-corrected chi connectivity index (χ2v) is 9.00. The first-order valence-corrected chi connectivity index (χ1v) is 11.0. The number of amides is 1. The predicted molar refractivity (Wildman–Crippen MR) is 117 cm³/mol. The number of carbonyl (C=O) groups excluding carboxylic acids is 1. The van der Waals surface area contributed by atoms with E-state index in [-0.39, 0.29) is 29.2 Å².